The first-order valence-electron chi connectivity index (χ1n) is 9.29. The number of anilines is 1. The van der Waals surface area contributed by atoms with Crippen LogP contribution in [0.1, 0.15) is 56.0 Å². The lowest BCUT2D eigenvalue weighted by Crippen LogP contribution is -2.32. The predicted molar refractivity (Wildman–Crippen MR) is 102 cm³/mol. The van der Waals surface area contributed by atoms with Gasteiger partial charge in [-0.2, -0.15) is 0 Å². The van der Waals surface area contributed by atoms with Crippen molar-refractivity contribution in [2.24, 2.45) is 11.8 Å². The van der Waals surface area contributed by atoms with Gasteiger partial charge in [0.1, 0.15) is 0 Å². The van der Waals surface area contributed by atoms with E-state index in [9.17, 15) is 9.59 Å². The van der Waals surface area contributed by atoms with E-state index in [-0.39, 0.29) is 17.9 Å². The van der Waals surface area contributed by atoms with Crippen molar-refractivity contribution in [3.63, 3.8) is 0 Å². The maximum absolute atomic E-state index is 12.4. The van der Waals surface area contributed by atoms with Gasteiger partial charge in [-0.25, -0.2) is 0 Å². The molecule has 2 amide bonds. The minimum atomic E-state index is -0.105. The number of amides is 2. The summed E-state index contributed by atoms with van der Waals surface area (Å²) in [7, 11) is 0. The molecule has 25 heavy (non-hydrogen) atoms. The van der Waals surface area contributed by atoms with Crippen LogP contribution in [-0.4, -0.2) is 30.9 Å². The minimum absolute atomic E-state index is 0.0186. The van der Waals surface area contributed by atoms with Gasteiger partial charge in [-0.3, -0.25) is 9.59 Å². The van der Waals surface area contributed by atoms with Gasteiger partial charge in [-0.15, -0.1) is 0 Å². The van der Waals surface area contributed by atoms with Crippen LogP contribution in [0.25, 0.3) is 0 Å². The number of nitrogens with one attached hydrogen (secondary N) is 3. The summed E-state index contributed by atoms with van der Waals surface area (Å²) in [5.41, 5.74) is 2.19. The molecule has 0 saturated carbocycles. The summed E-state index contributed by atoms with van der Waals surface area (Å²) in [6, 6.07) is 5.58. The maximum atomic E-state index is 12.4. The molecule has 1 saturated heterocycles. The Morgan fingerprint density at radius 3 is 2.52 bits per heavy atom. The Hall–Kier alpha value is -1.88. The van der Waals surface area contributed by atoms with Crippen molar-refractivity contribution < 1.29 is 9.59 Å². The SMILES string of the molecule is Cc1ccc(NC(=O)CC(C)C2CCNCC2)cc1C(=O)NC(C)C. The van der Waals surface area contributed by atoms with E-state index in [0.717, 1.165) is 31.5 Å². The van der Waals surface area contributed by atoms with E-state index in [2.05, 4.69) is 22.9 Å². The Labute approximate surface area is 151 Å². The Kier molecular flexibility index (Phi) is 7.00. The van der Waals surface area contributed by atoms with Crippen LogP contribution in [-0.2, 0) is 4.79 Å². The van der Waals surface area contributed by atoms with E-state index >= 15 is 0 Å². The number of benzene rings is 1. The average Bonchev–Trinajstić information content (AvgIpc) is 2.56. The third-order valence-corrected chi connectivity index (χ3v) is 4.88. The fraction of sp³-hybridized carbons (Fsp3) is 0.600. The van der Waals surface area contributed by atoms with Crippen LogP contribution < -0.4 is 16.0 Å². The Morgan fingerprint density at radius 1 is 1.20 bits per heavy atom. The molecule has 1 aliphatic rings. The molecule has 3 N–H and O–H groups in total. The number of hydrogen-bond donors (Lipinski definition) is 3. The second-order valence-corrected chi connectivity index (χ2v) is 7.47. The average molecular weight is 345 g/mol. The van der Waals surface area contributed by atoms with Crippen LogP contribution in [0.4, 0.5) is 5.69 Å². The first-order chi connectivity index (χ1) is 11.9. The predicted octanol–water partition coefficient (Wildman–Crippen LogP) is 3.10. The summed E-state index contributed by atoms with van der Waals surface area (Å²) in [4.78, 5) is 24.7. The third kappa shape index (κ3) is 5.85. The summed E-state index contributed by atoms with van der Waals surface area (Å²) < 4.78 is 0. The van der Waals surface area contributed by atoms with Crippen LogP contribution in [0.3, 0.4) is 0 Å². The highest BCUT2D eigenvalue weighted by Gasteiger charge is 2.22. The largest absolute Gasteiger partial charge is 0.350 e. The lowest BCUT2D eigenvalue weighted by molar-refractivity contribution is -0.117. The molecule has 5 nitrogen and oxygen atoms in total. The molecule has 1 aliphatic heterocycles. The van der Waals surface area contributed by atoms with E-state index in [1.165, 1.54) is 0 Å². The van der Waals surface area contributed by atoms with Crippen molar-refractivity contribution in [2.45, 2.75) is 53.0 Å². The zero-order valence-electron chi connectivity index (χ0n) is 15.8. The molecule has 1 aromatic carbocycles. The first-order valence-corrected chi connectivity index (χ1v) is 9.29. The molecule has 1 heterocycles. The summed E-state index contributed by atoms with van der Waals surface area (Å²) in [6.07, 6.45) is 2.79. The van der Waals surface area contributed by atoms with E-state index in [4.69, 9.17) is 0 Å². The Balaban J connectivity index is 1.97. The van der Waals surface area contributed by atoms with Crippen LogP contribution in [0.15, 0.2) is 18.2 Å². The Morgan fingerprint density at radius 2 is 1.88 bits per heavy atom. The molecule has 0 radical (unpaired) electrons. The maximum Gasteiger partial charge on any atom is 0.251 e. The van der Waals surface area contributed by atoms with Gasteiger partial charge < -0.3 is 16.0 Å². The fourth-order valence-electron chi connectivity index (χ4n) is 3.37. The topological polar surface area (TPSA) is 70.2 Å². The molecular weight excluding hydrogens is 314 g/mol. The lowest BCUT2D eigenvalue weighted by Gasteiger charge is -2.27. The molecule has 0 bridgehead atoms. The van der Waals surface area contributed by atoms with E-state index in [0.29, 0.717) is 29.5 Å². The van der Waals surface area contributed by atoms with Gasteiger partial charge in [0, 0.05) is 23.7 Å². The number of rotatable bonds is 6. The van der Waals surface area contributed by atoms with Gasteiger partial charge in [0.15, 0.2) is 0 Å². The fourth-order valence-corrected chi connectivity index (χ4v) is 3.37. The van der Waals surface area contributed by atoms with Crippen molar-refractivity contribution in [1.29, 1.82) is 0 Å². The van der Waals surface area contributed by atoms with Gasteiger partial charge in [0.25, 0.3) is 5.91 Å². The van der Waals surface area contributed by atoms with Gasteiger partial charge in [0.05, 0.1) is 0 Å². The van der Waals surface area contributed by atoms with E-state index in [1.54, 1.807) is 6.07 Å². The van der Waals surface area contributed by atoms with Gasteiger partial charge >= 0.3 is 0 Å². The summed E-state index contributed by atoms with van der Waals surface area (Å²) in [6.45, 7) is 10.0. The molecule has 5 heteroatoms. The van der Waals surface area contributed by atoms with Crippen LogP contribution in [0.5, 0.6) is 0 Å². The van der Waals surface area contributed by atoms with Crippen LogP contribution in [0, 0.1) is 18.8 Å². The molecular formula is C20H31N3O2. The minimum Gasteiger partial charge on any atom is -0.350 e. The molecule has 138 valence electrons. The molecule has 1 fully saturated rings. The van der Waals surface area contributed by atoms with Crippen molar-refractivity contribution in [1.82, 2.24) is 10.6 Å². The lowest BCUT2D eigenvalue weighted by atomic mass is 9.84. The van der Waals surface area contributed by atoms with Crippen molar-refractivity contribution in [2.75, 3.05) is 18.4 Å². The second kappa shape index (κ2) is 8.99. The highest BCUT2D eigenvalue weighted by Crippen LogP contribution is 2.25. The molecule has 0 spiro atoms. The van der Waals surface area contributed by atoms with Crippen molar-refractivity contribution in [3.05, 3.63) is 29.3 Å². The highest BCUT2D eigenvalue weighted by atomic mass is 16.2. The summed E-state index contributed by atoms with van der Waals surface area (Å²) >= 11 is 0. The normalized spacial score (nSPS) is 16.5. The van der Waals surface area contributed by atoms with E-state index in [1.807, 2.05) is 32.9 Å². The quantitative estimate of drug-likeness (QED) is 0.742. The van der Waals surface area contributed by atoms with Gasteiger partial charge in [-0.1, -0.05) is 13.0 Å². The van der Waals surface area contributed by atoms with Crippen LogP contribution >= 0.6 is 0 Å². The molecule has 1 atom stereocenters. The zero-order chi connectivity index (χ0) is 18.4. The van der Waals surface area contributed by atoms with Crippen LogP contribution in [0.2, 0.25) is 0 Å². The highest BCUT2D eigenvalue weighted by molar-refractivity contribution is 5.98. The smallest absolute Gasteiger partial charge is 0.251 e. The molecule has 2 rings (SSSR count). The van der Waals surface area contributed by atoms with Crippen molar-refractivity contribution >= 4 is 17.5 Å². The standard InChI is InChI=1S/C20H31N3O2/c1-13(2)22-20(25)18-12-17(6-5-14(18)3)23-19(24)11-15(4)16-7-9-21-10-8-16/h5-6,12-13,15-16,21H,7-11H2,1-4H3,(H,22,25)(H,23,24). The number of hydrogen-bond acceptors (Lipinski definition) is 3. The van der Waals surface area contributed by atoms with Gasteiger partial charge in [-0.05, 0) is 76.2 Å². The molecule has 0 aromatic heterocycles. The molecule has 1 aromatic rings. The number of aryl methyl sites for hydroxylation is 1. The first kappa shape index (κ1) is 19.4. The zero-order valence-corrected chi connectivity index (χ0v) is 15.8. The summed E-state index contributed by atoms with van der Waals surface area (Å²) in [5.74, 6) is 0.894. The third-order valence-electron chi connectivity index (χ3n) is 4.88. The number of piperidine rings is 1. The monoisotopic (exact) mass is 345 g/mol. The Bertz CT molecular complexity index is 607. The summed E-state index contributed by atoms with van der Waals surface area (Å²) in [5, 5.41) is 9.21. The molecule has 1 unspecified atom stereocenters. The number of carbonyl (C=O) groups excluding carboxylic acids is 2. The molecule has 0 aliphatic carbocycles. The number of carbonyl (C=O) groups is 2. The van der Waals surface area contributed by atoms with E-state index < -0.39 is 0 Å². The van der Waals surface area contributed by atoms with Crippen molar-refractivity contribution in [3.8, 4) is 0 Å². The second-order valence-electron chi connectivity index (χ2n) is 7.47. The van der Waals surface area contributed by atoms with Gasteiger partial charge in [0.2, 0.25) is 5.91 Å².